The van der Waals surface area contributed by atoms with Crippen LogP contribution in [0.15, 0.2) is 12.4 Å². The van der Waals surface area contributed by atoms with Crippen LogP contribution in [0.3, 0.4) is 0 Å². The maximum atomic E-state index is 4.40. The van der Waals surface area contributed by atoms with Gasteiger partial charge in [-0.05, 0) is 25.7 Å². The molecule has 1 saturated carbocycles. The minimum Gasteiger partial charge on any atom is -0.364 e. The van der Waals surface area contributed by atoms with Crippen molar-refractivity contribution in [2.24, 2.45) is 5.92 Å². The molecule has 0 radical (unpaired) electrons. The molecular weight excluding hydrogens is 226 g/mol. The first-order valence-corrected chi connectivity index (χ1v) is 6.70. The van der Waals surface area contributed by atoms with Crippen molar-refractivity contribution < 1.29 is 0 Å². The lowest BCUT2D eigenvalue weighted by atomic mass is 10.1. The third-order valence-electron chi connectivity index (χ3n) is 3.65. The molecule has 2 aromatic heterocycles. The molecular formula is C13H19N5. The second-order valence-corrected chi connectivity index (χ2v) is 5.15. The second-order valence-electron chi connectivity index (χ2n) is 5.15. The Kier molecular flexibility index (Phi) is 2.89. The average Bonchev–Trinajstić information content (AvgIpc) is 3.12. The zero-order valence-electron chi connectivity index (χ0n) is 10.9. The molecule has 0 spiro atoms. The van der Waals surface area contributed by atoms with Gasteiger partial charge in [-0.3, -0.25) is 4.40 Å². The Hall–Kier alpha value is -1.65. The molecule has 0 aromatic carbocycles. The van der Waals surface area contributed by atoms with Crippen LogP contribution in [0.5, 0.6) is 0 Å². The first-order chi connectivity index (χ1) is 8.78. The summed E-state index contributed by atoms with van der Waals surface area (Å²) in [5.41, 5.74) is 0.823. The Morgan fingerprint density at radius 3 is 3.00 bits per heavy atom. The van der Waals surface area contributed by atoms with E-state index >= 15 is 0 Å². The van der Waals surface area contributed by atoms with E-state index in [2.05, 4.69) is 27.4 Å². The molecule has 5 heteroatoms. The van der Waals surface area contributed by atoms with Crippen LogP contribution in [-0.4, -0.2) is 25.6 Å². The fraction of sp³-hybridized carbons (Fsp3) is 0.615. The highest BCUT2D eigenvalue weighted by Gasteiger charge is 2.25. The summed E-state index contributed by atoms with van der Waals surface area (Å²) in [7, 11) is 0. The van der Waals surface area contributed by atoms with Gasteiger partial charge in [0.15, 0.2) is 5.82 Å². The van der Waals surface area contributed by atoms with E-state index in [1.165, 1.54) is 19.3 Å². The number of fused-ring (bicyclic) bond motifs is 1. The van der Waals surface area contributed by atoms with E-state index in [1.807, 2.05) is 17.5 Å². The van der Waals surface area contributed by atoms with Gasteiger partial charge in [0.2, 0.25) is 5.65 Å². The van der Waals surface area contributed by atoms with Gasteiger partial charge in [0.25, 0.3) is 0 Å². The van der Waals surface area contributed by atoms with Crippen LogP contribution in [-0.2, 0) is 0 Å². The highest BCUT2D eigenvalue weighted by Crippen LogP contribution is 2.34. The van der Waals surface area contributed by atoms with Crippen LogP contribution < -0.4 is 5.32 Å². The van der Waals surface area contributed by atoms with Crippen LogP contribution in [0.2, 0.25) is 0 Å². The van der Waals surface area contributed by atoms with Gasteiger partial charge in [-0.25, -0.2) is 4.98 Å². The maximum Gasteiger partial charge on any atom is 0.203 e. The topological polar surface area (TPSA) is 55.1 Å². The van der Waals surface area contributed by atoms with E-state index in [1.54, 1.807) is 6.20 Å². The van der Waals surface area contributed by atoms with Crippen molar-refractivity contribution >= 4 is 11.5 Å². The molecule has 0 amide bonds. The molecule has 1 atom stereocenters. The number of aryl methyl sites for hydroxylation is 1. The van der Waals surface area contributed by atoms with Crippen LogP contribution >= 0.6 is 0 Å². The van der Waals surface area contributed by atoms with Gasteiger partial charge in [0, 0.05) is 18.4 Å². The fourth-order valence-corrected chi connectivity index (χ4v) is 2.32. The minimum atomic E-state index is 0.494. The first-order valence-electron chi connectivity index (χ1n) is 6.70. The number of nitrogens with zero attached hydrogens (tertiary/aromatic N) is 4. The van der Waals surface area contributed by atoms with Crippen LogP contribution in [0.25, 0.3) is 5.65 Å². The molecule has 1 N–H and O–H groups in total. The Balaban J connectivity index is 1.84. The van der Waals surface area contributed by atoms with E-state index in [0.717, 1.165) is 29.6 Å². The normalized spacial score (nSPS) is 17.0. The van der Waals surface area contributed by atoms with Gasteiger partial charge in [0.1, 0.15) is 5.82 Å². The molecule has 1 aliphatic rings. The van der Waals surface area contributed by atoms with Gasteiger partial charge in [-0.1, -0.05) is 19.8 Å². The van der Waals surface area contributed by atoms with Crippen molar-refractivity contribution in [1.29, 1.82) is 0 Å². The second kappa shape index (κ2) is 4.55. The van der Waals surface area contributed by atoms with Crippen molar-refractivity contribution in [2.45, 2.75) is 45.6 Å². The summed E-state index contributed by atoms with van der Waals surface area (Å²) in [6.07, 6.45) is 8.84. The molecule has 3 rings (SSSR count). The molecule has 0 saturated heterocycles. The van der Waals surface area contributed by atoms with E-state index in [4.69, 9.17) is 0 Å². The summed E-state index contributed by atoms with van der Waals surface area (Å²) in [5.74, 6) is 2.66. The highest BCUT2D eigenvalue weighted by atomic mass is 15.3. The molecule has 5 nitrogen and oxygen atoms in total. The van der Waals surface area contributed by atoms with Crippen molar-refractivity contribution in [3.63, 3.8) is 0 Å². The summed E-state index contributed by atoms with van der Waals surface area (Å²) in [6.45, 7) is 4.17. The number of nitrogens with one attached hydrogen (secondary N) is 1. The smallest absolute Gasteiger partial charge is 0.203 e. The summed E-state index contributed by atoms with van der Waals surface area (Å²) in [6, 6.07) is 0.494. The molecule has 96 valence electrons. The molecule has 0 aliphatic heterocycles. The van der Waals surface area contributed by atoms with Gasteiger partial charge in [0.05, 0.1) is 0 Å². The standard InChI is InChI=1S/C13H19N5/c1-3-11(8-10-4-5-10)15-12-13-17-16-9(2)18(13)7-6-14-12/h6-7,10-11H,3-5,8H2,1-2H3,(H,14,15). The summed E-state index contributed by atoms with van der Waals surface area (Å²) < 4.78 is 1.97. The van der Waals surface area contributed by atoms with E-state index < -0.39 is 0 Å². The highest BCUT2D eigenvalue weighted by molar-refractivity contribution is 5.62. The largest absolute Gasteiger partial charge is 0.364 e. The Labute approximate surface area is 107 Å². The average molecular weight is 245 g/mol. The summed E-state index contributed by atoms with van der Waals surface area (Å²) in [4.78, 5) is 4.40. The van der Waals surface area contributed by atoms with E-state index in [9.17, 15) is 0 Å². The monoisotopic (exact) mass is 245 g/mol. The molecule has 2 heterocycles. The predicted molar refractivity (Wildman–Crippen MR) is 70.6 cm³/mol. The lowest BCUT2D eigenvalue weighted by Crippen LogP contribution is -2.20. The van der Waals surface area contributed by atoms with Gasteiger partial charge in [-0.2, -0.15) is 0 Å². The molecule has 1 unspecified atom stereocenters. The van der Waals surface area contributed by atoms with Crippen LogP contribution in [0.4, 0.5) is 5.82 Å². The lowest BCUT2D eigenvalue weighted by molar-refractivity contribution is 0.585. The van der Waals surface area contributed by atoms with E-state index in [-0.39, 0.29) is 0 Å². The Bertz CT molecular complexity index is 543. The van der Waals surface area contributed by atoms with E-state index in [0.29, 0.717) is 6.04 Å². The first kappa shape index (κ1) is 11.4. The number of aromatic nitrogens is 4. The Morgan fingerprint density at radius 2 is 2.28 bits per heavy atom. The van der Waals surface area contributed by atoms with Crippen molar-refractivity contribution in [1.82, 2.24) is 19.6 Å². The fourth-order valence-electron chi connectivity index (χ4n) is 2.32. The number of hydrogen-bond donors (Lipinski definition) is 1. The van der Waals surface area contributed by atoms with Crippen molar-refractivity contribution in [2.75, 3.05) is 5.32 Å². The zero-order chi connectivity index (χ0) is 12.5. The quantitative estimate of drug-likeness (QED) is 0.879. The molecule has 1 fully saturated rings. The van der Waals surface area contributed by atoms with Gasteiger partial charge < -0.3 is 5.32 Å². The molecule has 18 heavy (non-hydrogen) atoms. The molecule has 2 aromatic rings. The SMILES string of the molecule is CCC(CC1CC1)Nc1nccn2c(C)nnc12. The van der Waals surface area contributed by atoms with Crippen molar-refractivity contribution in [3.05, 3.63) is 18.2 Å². The number of hydrogen-bond acceptors (Lipinski definition) is 4. The number of anilines is 1. The molecule has 1 aliphatic carbocycles. The van der Waals surface area contributed by atoms with Crippen LogP contribution in [0.1, 0.15) is 38.4 Å². The Morgan fingerprint density at radius 1 is 1.44 bits per heavy atom. The van der Waals surface area contributed by atoms with Crippen LogP contribution in [0, 0.1) is 12.8 Å². The number of rotatable bonds is 5. The maximum absolute atomic E-state index is 4.40. The molecule has 0 bridgehead atoms. The van der Waals surface area contributed by atoms with Crippen molar-refractivity contribution in [3.8, 4) is 0 Å². The minimum absolute atomic E-state index is 0.494. The van der Waals surface area contributed by atoms with Gasteiger partial charge >= 0.3 is 0 Å². The summed E-state index contributed by atoms with van der Waals surface area (Å²) in [5, 5.41) is 11.8. The predicted octanol–water partition coefficient (Wildman–Crippen LogP) is 2.42. The third kappa shape index (κ3) is 2.17. The lowest BCUT2D eigenvalue weighted by Gasteiger charge is -2.17. The zero-order valence-corrected chi connectivity index (χ0v) is 10.9. The summed E-state index contributed by atoms with van der Waals surface area (Å²) >= 11 is 0. The third-order valence-corrected chi connectivity index (χ3v) is 3.65. The van der Waals surface area contributed by atoms with Gasteiger partial charge in [-0.15, -0.1) is 10.2 Å².